The van der Waals surface area contributed by atoms with Crippen molar-refractivity contribution in [2.75, 3.05) is 37.7 Å². The van der Waals surface area contributed by atoms with Gasteiger partial charge < -0.3 is 14.9 Å². The molecule has 3 atom stereocenters. The number of hydrogen-bond donors (Lipinski definition) is 1. The fourth-order valence-electron chi connectivity index (χ4n) is 5.56. The summed E-state index contributed by atoms with van der Waals surface area (Å²) in [7, 11) is 0. The molecule has 5 rings (SSSR count). The second kappa shape index (κ2) is 10.5. The van der Waals surface area contributed by atoms with Crippen molar-refractivity contribution in [2.24, 2.45) is 11.8 Å². The molecule has 0 bridgehead atoms. The summed E-state index contributed by atoms with van der Waals surface area (Å²) in [6, 6.07) is 7.70. The molecule has 8 nitrogen and oxygen atoms in total. The van der Waals surface area contributed by atoms with E-state index in [0.29, 0.717) is 39.1 Å². The summed E-state index contributed by atoms with van der Waals surface area (Å²) >= 11 is 12.5. The Morgan fingerprint density at radius 1 is 1.19 bits per heavy atom. The average molecular weight is 528 g/mol. The quantitative estimate of drug-likeness (QED) is 0.482. The largest absolute Gasteiger partial charge is 0.396 e. The monoisotopic (exact) mass is 527 g/mol. The van der Waals surface area contributed by atoms with Crippen molar-refractivity contribution in [1.29, 1.82) is 5.26 Å². The van der Waals surface area contributed by atoms with Crippen molar-refractivity contribution < 1.29 is 5.11 Å². The van der Waals surface area contributed by atoms with Gasteiger partial charge in [0.05, 0.1) is 12.2 Å². The first-order valence-electron chi connectivity index (χ1n) is 12.6. The van der Waals surface area contributed by atoms with Crippen LogP contribution in [0.2, 0.25) is 10.0 Å². The third-order valence-electron chi connectivity index (χ3n) is 7.84. The summed E-state index contributed by atoms with van der Waals surface area (Å²) in [5, 5.41) is 24.6. The van der Waals surface area contributed by atoms with E-state index in [1.54, 1.807) is 23.0 Å². The van der Waals surface area contributed by atoms with E-state index in [-0.39, 0.29) is 18.3 Å². The SMILES string of the molecule is C[C@H](CCO)N1CCC[C@H](C2CN(c3cnc4c(C#N)nn([C@H](C)c5ccc(Cl)cc5Cl)c4n3)C2)C1. The minimum Gasteiger partial charge on any atom is -0.396 e. The lowest BCUT2D eigenvalue weighted by Gasteiger charge is -2.48. The normalized spacial score (nSPS) is 20.8. The highest BCUT2D eigenvalue weighted by atomic mass is 35.5. The lowest BCUT2D eigenvalue weighted by atomic mass is 9.80. The number of nitrogens with zero attached hydrogens (tertiary/aromatic N) is 7. The van der Waals surface area contributed by atoms with E-state index in [1.165, 1.54) is 12.8 Å². The zero-order chi connectivity index (χ0) is 25.4. The first-order valence-corrected chi connectivity index (χ1v) is 13.3. The van der Waals surface area contributed by atoms with Gasteiger partial charge in [-0.25, -0.2) is 14.6 Å². The van der Waals surface area contributed by atoms with Crippen LogP contribution in [0.3, 0.4) is 0 Å². The van der Waals surface area contributed by atoms with E-state index in [2.05, 4.69) is 32.9 Å². The van der Waals surface area contributed by atoms with Gasteiger partial charge in [0.25, 0.3) is 0 Å². The minimum absolute atomic E-state index is 0.244. The molecule has 0 saturated carbocycles. The van der Waals surface area contributed by atoms with Crippen molar-refractivity contribution in [1.82, 2.24) is 24.6 Å². The van der Waals surface area contributed by atoms with Crippen LogP contribution in [-0.4, -0.2) is 68.6 Å². The third-order valence-corrected chi connectivity index (χ3v) is 8.40. The standard InChI is InChI=1S/C26H31Cl2N7O/c1-16(7-9-36)33-8-3-4-18(13-33)19-14-34(15-19)24-12-30-25-23(11-29)32-35(26(25)31-24)17(2)21-6-5-20(27)10-22(21)28/h5-6,10,12,16-19,36H,3-4,7-9,13-15H2,1-2H3/t16-,17-,18+/m1/s1. The number of anilines is 1. The Labute approximate surface area is 221 Å². The Bertz CT molecular complexity index is 1280. The van der Waals surface area contributed by atoms with Crippen molar-refractivity contribution in [3.63, 3.8) is 0 Å². The summed E-state index contributed by atoms with van der Waals surface area (Å²) in [4.78, 5) is 14.3. The topological polar surface area (TPSA) is 94.1 Å². The molecule has 0 amide bonds. The number of aromatic nitrogens is 4. The smallest absolute Gasteiger partial charge is 0.190 e. The van der Waals surface area contributed by atoms with Gasteiger partial charge in [0.2, 0.25) is 0 Å². The molecule has 0 aliphatic carbocycles. The first kappa shape index (κ1) is 25.2. The molecule has 2 fully saturated rings. The summed E-state index contributed by atoms with van der Waals surface area (Å²) < 4.78 is 1.73. The van der Waals surface area contributed by atoms with Gasteiger partial charge in [-0.05, 0) is 69.2 Å². The van der Waals surface area contributed by atoms with E-state index in [1.807, 2.05) is 13.0 Å². The molecule has 2 aliphatic heterocycles. The van der Waals surface area contributed by atoms with Crippen molar-refractivity contribution >= 4 is 40.2 Å². The highest BCUT2D eigenvalue weighted by Crippen LogP contribution is 2.35. The molecule has 3 aromatic rings. The van der Waals surface area contributed by atoms with Crippen LogP contribution in [-0.2, 0) is 0 Å². The number of aliphatic hydroxyl groups is 1. The minimum atomic E-state index is -0.248. The highest BCUT2D eigenvalue weighted by Gasteiger charge is 2.37. The van der Waals surface area contributed by atoms with Crippen LogP contribution in [0.5, 0.6) is 0 Å². The predicted molar refractivity (Wildman–Crippen MR) is 141 cm³/mol. The van der Waals surface area contributed by atoms with Crippen molar-refractivity contribution in [2.45, 2.75) is 45.2 Å². The number of benzene rings is 1. The number of likely N-dealkylation sites (tertiary alicyclic amines) is 1. The molecule has 4 heterocycles. The van der Waals surface area contributed by atoms with Crippen molar-refractivity contribution in [3.8, 4) is 6.07 Å². The zero-order valence-electron chi connectivity index (χ0n) is 20.6. The van der Waals surface area contributed by atoms with Crippen LogP contribution < -0.4 is 4.90 Å². The average Bonchev–Trinajstić information content (AvgIpc) is 3.21. The third kappa shape index (κ3) is 4.78. The fourth-order valence-corrected chi connectivity index (χ4v) is 6.13. The molecule has 10 heteroatoms. The Morgan fingerprint density at radius 3 is 2.72 bits per heavy atom. The number of hydrogen-bond acceptors (Lipinski definition) is 7. The second-order valence-corrected chi connectivity index (χ2v) is 10.9. The van der Waals surface area contributed by atoms with Gasteiger partial charge in [-0.3, -0.25) is 0 Å². The van der Waals surface area contributed by atoms with Gasteiger partial charge in [0.15, 0.2) is 11.3 Å². The number of halogens is 2. The van der Waals surface area contributed by atoms with Gasteiger partial charge >= 0.3 is 0 Å². The van der Waals surface area contributed by atoms with E-state index in [4.69, 9.17) is 28.2 Å². The van der Waals surface area contributed by atoms with Crippen LogP contribution in [0.4, 0.5) is 5.82 Å². The van der Waals surface area contributed by atoms with Gasteiger partial charge in [0, 0.05) is 42.3 Å². The molecule has 0 unspecified atom stereocenters. The highest BCUT2D eigenvalue weighted by molar-refractivity contribution is 6.35. The summed E-state index contributed by atoms with van der Waals surface area (Å²) in [5.74, 6) is 2.09. The summed E-state index contributed by atoms with van der Waals surface area (Å²) in [6.07, 6.45) is 5.05. The molecular weight excluding hydrogens is 497 g/mol. The van der Waals surface area contributed by atoms with Gasteiger partial charge in [-0.15, -0.1) is 0 Å². The van der Waals surface area contributed by atoms with Crippen LogP contribution in [0, 0.1) is 23.2 Å². The number of rotatable bonds is 7. The molecule has 1 aromatic carbocycles. The fraction of sp³-hybridized carbons (Fsp3) is 0.538. The zero-order valence-corrected chi connectivity index (χ0v) is 22.1. The maximum absolute atomic E-state index is 9.64. The first-order chi connectivity index (χ1) is 17.4. The Hall–Kier alpha value is -2.44. The van der Waals surface area contributed by atoms with Crippen LogP contribution >= 0.6 is 23.2 Å². The van der Waals surface area contributed by atoms with Gasteiger partial charge in [-0.1, -0.05) is 29.3 Å². The van der Waals surface area contributed by atoms with Gasteiger partial charge in [-0.2, -0.15) is 10.4 Å². The number of piperidine rings is 1. The lowest BCUT2D eigenvalue weighted by Crippen LogP contribution is -2.54. The Morgan fingerprint density at radius 2 is 2.00 bits per heavy atom. The van der Waals surface area contributed by atoms with E-state index >= 15 is 0 Å². The molecular formula is C26H31Cl2N7O. The molecule has 1 N–H and O–H groups in total. The molecule has 36 heavy (non-hydrogen) atoms. The van der Waals surface area contributed by atoms with E-state index < -0.39 is 0 Å². The Balaban J connectivity index is 1.34. The van der Waals surface area contributed by atoms with Crippen LogP contribution in [0.25, 0.3) is 11.2 Å². The molecule has 0 radical (unpaired) electrons. The number of nitriles is 1. The predicted octanol–water partition coefficient (Wildman–Crippen LogP) is 4.53. The number of fused-ring (bicyclic) bond motifs is 1. The molecule has 190 valence electrons. The van der Waals surface area contributed by atoms with E-state index in [9.17, 15) is 10.4 Å². The molecule has 2 aliphatic rings. The lowest BCUT2D eigenvalue weighted by molar-refractivity contribution is 0.0791. The second-order valence-electron chi connectivity index (χ2n) is 10.1. The molecule has 2 saturated heterocycles. The molecule has 0 spiro atoms. The molecule has 2 aromatic heterocycles. The van der Waals surface area contributed by atoms with Crippen LogP contribution in [0.1, 0.15) is 50.4 Å². The maximum Gasteiger partial charge on any atom is 0.190 e. The van der Waals surface area contributed by atoms with Crippen molar-refractivity contribution in [3.05, 3.63) is 45.7 Å². The summed E-state index contributed by atoms with van der Waals surface area (Å²) in [6.45, 7) is 8.55. The Kier molecular flexibility index (Phi) is 7.36. The van der Waals surface area contributed by atoms with Crippen LogP contribution in [0.15, 0.2) is 24.4 Å². The van der Waals surface area contributed by atoms with Gasteiger partial charge in [0.1, 0.15) is 17.4 Å². The number of aliphatic hydroxyl groups excluding tert-OH is 1. The maximum atomic E-state index is 9.64. The summed E-state index contributed by atoms with van der Waals surface area (Å²) in [5.41, 5.74) is 2.17. The van der Waals surface area contributed by atoms with E-state index in [0.717, 1.165) is 44.0 Å².